The van der Waals surface area contributed by atoms with Gasteiger partial charge in [0.25, 0.3) is 35.2 Å². The Balaban J connectivity index is 0.0000000819. The molecular formula is C131H157N9O7S2. The lowest BCUT2D eigenvalue weighted by Crippen LogP contribution is -2.55. The number of rotatable bonds is 13. The van der Waals surface area contributed by atoms with Gasteiger partial charge in [-0.15, -0.1) is 0 Å². The molecular weight excluding hydrogens is 1880 g/mol. The van der Waals surface area contributed by atoms with Crippen molar-refractivity contribution in [3.63, 3.8) is 0 Å². The van der Waals surface area contributed by atoms with E-state index in [9.17, 15) is 34.1 Å². The Morgan fingerprint density at radius 2 is 0.564 bits per heavy atom. The van der Waals surface area contributed by atoms with Crippen molar-refractivity contribution in [3.8, 4) is 0 Å². The molecule has 7 aliphatic heterocycles. The summed E-state index contributed by atoms with van der Waals surface area (Å²) in [6, 6.07) is 53.7. The van der Waals surface area contributed by atoms with Gasteiger partial charge in [-0.3, -0.25) is 34.1 Å². The maximum Gasteiger partial charge on any atom is 0.275 e. The van der Waals surface area contributed by atoms with E-state index in [0.717, 1.165) is 227 Å². The Morgan fingerprint density at radius 3 is 0.933 bits per heavy atom. The van der Waals surface area contributed by atoms with Crippen molar-refractivity contribution in [3.05, 3.63) is 246 Å². The van der Waals surface area contributed by atoms with E-state index >= 15 is 0 Å². The molecule has 5 amide bonds. The van der Waals surface area contributed by atoms with Crippen molar-refractivity contribution < 1.29 is 28.9 Å². The van der Waals surface area contributed by atoms with Gasteiger partial charge in [0.1, 0.15) is 9.98 Å². The Kier molecular flexibility index (Phi) is 23.1. The van der Waals surface area contributed by atoms with E-state index in [0.29, 0.717) is 62.9 Å². The van der Waals surface area contributed by atoms with Crippen LogP contribution in [0.15, 0.2) is 158 Å². The van der Waals surface area contributed by atoms with Gasteiger partial charge < -0.3 is 40.0 Å². The smallest absolute Gasteiger partial charge is 0.275 e. The summed E-state index contributed by atoms with van der Waals surface area (Å²) >= 11 is 11.7. The number of benzene rings is 7. The number of fused-ring (bicyclic) bond motifs is 7. The molecule has 0 radical (unpaired) electrons. The first-order chi connectivity index (χ1) is 72.2. The van der Waals surface area contributed by atoms with Gasteiger partial charge >= 0.3 is 0 Å². The number of nitro benzene ring substituents is 1. The Hall–Kier alpha value is -9.13. The molecule has 28 saturated carbocycles. The number of anilines is 1. The van der Waals surface area contributed by atoms with Gasteiger partial charge in [-0.2, -0.15) is 0 Å². The highest BCUT2D eigenvalue weighted by Gasteiger charge is 2.66. The van der Waals surface area contributed by atoms with E-state index in [-0.39, 0.29) is 45.2 Å². The molecule has 780 valence electrons. The zero-order chi connectivity index (χ0) is 100. The first kappa shape index (κ1) is 95.7. The largest absolute Gasteiger partial charge is 0.398 e. The van der Waals surface area contributed by atoms with Crippen LogP contribution in [0.4, 0.5) is 11.4 Å². The Bertz CT molecular complexity index is 6190. The van der Waals surface area contributed by atoms with Crippen LogP contribution in [0.1, 0.15) is 373 Å². The number of thiocarbonyl (C=S) groups is 2. The van der Waals surface area contributed by atoms with Gasteiger partial charge in [0.2, 0.25) is 0 Å². The second-order valence-corrected chi connectivity index (χ2v) is 57.6. The van der Waals surface area contributed by atoms with E-state index in [1.54, 1.807) is 12.1 Å². The zero-order valence-electron chi connectivity index (χ0n) is 88.5. The number of amides is 5. The minimum Gasteiger partial charge on any atom is -0.398 e. The van der Waals surface area contributed by atoms with Crippen LogP contribution in [-0.2, 0) is 45.8 Å². The minimum atomic E-state index is -0.361. The molecule has 16 nitrogen and oxygen atoms in total. The fourth-order valence-electron chi connectivity index (χ4n) is 44.2. The van der Waals surface area contributed by atoms with Crippen LogP contribution in [0.3, 0.4) is 0 Å². The standard InChI is InChI=1S/C20H25NO.C20H25NS.C19H22N2O3.C19H24N2O.C19H23NO.C17H19NO.C17H19NS/c2*1-13(21-12-17-4-2-3-5-18(17)19(21)22)20-9-14-6-15(10-20)8-16(7-14)11-20;22-18-15-2-1-3-17(21(23)24)16(15)10-20(18)11-19-7-12-4-13(8-19)6-14(5-12)9-19;20-17-3-1-2-15-16(17)10-21(18(15)22)11-19-7-12-4-13(8-19)6-14(5-12)9-19;21-18-17-4-2-1-3-16(17)11-20(18)12-19-8-13-5-14(9-19)7-15(6-13)10-19;2*19-16-15-4-2-1-3-13(15)10-18(16)17-8-11-5-12(9-17)7-14(17)6-11/h2*2-5,13-16H,6-12H2,1H3;1-3,12-14H,4-11H2;1-3,12-14H,4-11,20H2;1-4,13-15H,5-12H2;2*1-4,11-12,14H,5-10H2. The molecule has 149 heavy (non-hydrogen) atoms. The second kappa shape index (κ2) is 36.0. The fraction of sp³-hybridized carbons (Fsp3) is 0.626. The molecule has 28 bridgehead atoms. The van der Waals surface area contributed by atoms with Crippen molar-refractivity contribution in [1.29, 1.82) is 0 Å². The topological polar surface area (TPSA) is 177 Å². The van der Waals surface area contributed by atoms with Gasteiger partial charge in [0, 0.05) is 133 Å². The summed E-state index contributed by atoms with van der Waals surface area (Å²) in [6.07, 6.45) is 56.6. The summed E-state index contributed by atoms with van der Waals surface area (Å²) in [6.45, 7) is 13.4. The van der Waals surface area contributed by atoms with E-state index in [4.69, 9.17) is 30.2 Å². The van der Waals surface area contributed by atoms with Crippen LogP contribution < -0.4 is 5.73 Å². The molecule has 28 aliphatic carbocycles. The van der Waals surface area contributed by atoms with E-state index in [1.807, 2.05) is 59.5 Å². The van der Waals surface area contributed by atoms with Gasteiger partial charge in [0.15, 0.2) is 0 Å². The first-order valence-electron chi connectivity index (χ1n) is 59.8. The number of carbonyl (C=O) groups is 5. The summed E-state index contributed by atoms with van der Waals surface area (Å²) in [4.78, 5) is 92.8. The van der Waals surface area contributed by atoms with Crippen LogP contribution in [0.25, 0.3) is 0 Å². The van der Waals surface area contributed by atoms with Crippen LogP contribution in [0.2, 0.25) is 0 Å². The van der Waals surface area contributed by atoms with E-state index in [1.165, 1.54) is 302 Å². The number of nitrogen functional groups attached to an aromatic ring is 1. The molecule has 28 fully saturated rings. The van der Waals surface area contributed by atoms with Gasteiger partial charge in [-0.1, -0.05) is 140 Å². The quantitative estimate of drug-likeness (QED) is 0.0501. The normalized spacial score (nSPS) is 39.8. The number of nitrogens with two attached hydrogens (primary N) is 1. The highest BCUT2D eigenvalue weighted by molar-refractivity contribution is 7.81. The molecule has 0 spiro atoms. The summed E-state index contributed by atoms with van der Waals surface area (Å²) in [5.41, 5.74) is 24.9. The van der Waals surface area contributed by atoms with Crippen LogP contribution in [-0.4, -0.2) is 122 Å². The van der Waals surface area contributed by atoms with Crippen molar-refractivity contribution in [2.45, 2.75) is 340 Å². The van der Waals surface area contributed by atoms with Crippen molar-refractivity contribution >= 4 is 75.3 Å². The predicted octanol–water partition coefficient (Wildman–Crippen LogP) is 27.1. The summed E-state index contributed by atoms with van der Waals surface area (Å²) < 4.78 is 0. The Morgan fingerprint density at radius 1 is 0.289 bits per heavy atom. The summed E-state index contributed by atoms with van der Waals surface area (Å²) in [5.74, 6) is 20.8. The van der Waals surface area contributed by atoms with E-state index < -0.39 is 0 Å². The van der Waals surface area contributed by atoms with Crippen molar-refractivity contribution in [2.24, 2.45) is 151 Å². The van der Waals surface area contributed by atoms with Crippen molar-refractivity contribution in [2.75, 3.05) is 25.4 Å². The summed E-state index contributed by atoms with van der Waals surface area (Å²) in [5, 5.41) is 11.3. The van der Waals surface area contributed by atoms with Crippen LogP contribution in [0, 0.1) is 161 Å². The maximum atomic E-state index is 12.9. The predicted molar refractivity (Wildman–Crippen MR) is 589 cm³/mol. The number of hydrogen-bond acceptors (Lipinski definition) is 10. The fourth-order valence-corrected chi connectivity index (χ4v) is 45.0. The van der Waals surface area contributed by atoms with Crippen molar-refractivity contribution in [1.82, 2.24) is 34.3 Å². The molecule has 7 aromatic carbocycles. The van der Waals surface area contributed by atoms with Gasteiger partial charge in [-0.25, -0.2) is 0 Å². The average Bonchev–Trinajstić information content (AvgIpc) is 1.54. The number of hydrogen-bond donors (Lipinski definition) is 1. The third-order valence-electron chi connectivity index (χ3n) is 47.5. The monoisotopic (exact) mass is 2030 g/mol. The molecule has 18 heteroatoms. The molecule has 2 N–H and O–H groups in total. The van der Waals surface area contributed by atoms with E-state index in [2.05, 4.69) is 128 Å². The zero-order valence-corrected chi connectivity index (χ0v) is 90.1. The minimum absolute atomic E-state index is 0.00977. The lowest BCUT2D eigenvalue weighted by Gasteiger charge is -2.60. The van der Waals surface area contributed by atoms with Crippen LogP contribution >= 0.6 is 24.4 Å². The summed E-state index contributed by atoms with van der Waals surface area (Å²) in [7, 11) is 0. The highest BCUT2D eigenvalue weighted by atomic mass is 32.1. The third-order valence-corrected chi connectivity index (χ3v) is 48.3. The van der Waals surface area contributed by atoms with Gasteiger partial charge in [0.05, 0.1) is 22.6 Å². The number of nitro groups is 1. The van der Waals surface area contributed by atoms with Gasteiger partial charge in [-0.05, 0) is 486 Å². The molecule has 0 saturated heterocycles. The molecule has 0 aromatic heterocycles. The second-order valence-electron chi connectivity index (χ2n) is 56.8. The number of nitrogens with zero attached hydrogens (tertiary/aromatic N) is 8. The molecule has 42 rings (SSSR count). The molecule has 6 atom stereocenters. The highest BCUT2D eigenvalue weighted by Crippen LogP contribution is 2.70. The molecule has 35 aliphatic rings. The molecule has 7 heterocycles. The first-order valence-corrected chi connectivity index (χ1v) is 60.7. The Labute approximate surface area is 894 Å². The lowest BCUT2D eigenvalue weighted by molar-refractivity contribution is -0.385. The lowest BCUT2D eigenvalue weighted by atomic mass is 9.47. The molecule has 7 aromatic rings. The third kappa shape index (κ3) is 16.3. The van der Waals surface area contributed by atoms with Crippen LogP contribution in [0.5, 0.6) is 0 Å². The molecule has 6 unspecified atom stereocenters. The average molecular weight is 2030 g/mol. The maximum absolute atomic E-state index is 12.9. The SMILES string of the molecule is CC(N1Cc2ccccc2C1=O)C12CC3CC(CC(C3)C1)C2.CC(N1Cc2ccccc2C1=S)C12CC3CC(CC(C3)C1)C2.Nc1cccc2c1CN(CC13CC4CC(CC(C4)C1)C3)C2=O.O=C1c2cccc([N+](=O)[O-])c2CN1CC12CC3CC(CC(C3)C1)C2.O=C1c2ccccc2CN1C12CC3CC(CC1C3)C2.O=C1c2ccccc2CN1CC12CC3CC(CC(C3)C1)C2.S=C1c2ccccc2CN1C12CC3CC(CC1C3)C2. The number of carbonyl (C=O) groups excluding carboxylic acids is 5.